The minimum atomic E-state index is 0.903. The molecule has 0 aliphatic heterocycles. The lowest BCUT2D eigenvalue weighted by Crippen LogP contribution is -1.89. The largest absolute Gasteiger partial charge is 0.496 e. The second-order valence-electron chi connectivity index (χ2n) is 3.53. The number of anilines is 1. The summed E-state index contributed by atoms with van der Waals surface area (Å²) in [5, 5.41) is 3.10. The molecule has 2 aromatic carbocycles. The normalized spacial score (nSPS) is 9.88. The average Bonchev–Trinajstić information content (AvgIpc) is 2.39. The first-order valence-electron chi connectivity index (χ1n) is 5.26. The highest BCUT2D eigenvalue weighted by Crippen LogP contribution is 2.29. The minimum absolute atomic E-state index is 0.903. The van der Waals surface area contributed by atoms with Crippen LogP contribution in [0.2, 0.25) is 0 Å². The van der Waals surface area contributed by atoms with Crippen LogP contribution >= 0.6 is 0 Å². The third kappa shape index (κ3) is 2.01. The van der Waals surface area contributed by atoms with E-state index >= 15 is 0 Å². The fourth-order valence-corrected chi connectivity index (χ4v) is 1.70. The van der Waals surface area contributed by atoms with Crippen molar-refractivity contribution in [2.45, 2.75) is 0 Å². The van der Waals surface area contributed by atoms with Gasteiger partial charge in [0.05, 0.1) is 7.11 Å². The molecule has 82 valence electrons. The van der Waals surface area contributed by atoms with E-state index in [9.17, 15) is 0 Å². The molecule has 0 spiro atoms. The van der Waals surface area contributed by atoms with Crippen molar-refractivity contribution in [1.82, 2.24) is 0 Å². The zero-order valence-corrected chi connectivity index (χ0v) is 9.53. The number of hydrogen-bond donors (Lipinski definition) is 1. The molecule has 2 aromatic rings. The molecule has 0 unspecified atom stereocenters. The highest BCUT2D eigenvalue weighted by Gasteiger charge is 2.03. The summed E-state index contributed by atoms with van der Waals surface area (Å²) in [5.41, 5.74) is 3.39. The van der Waals surface area contributed by atoms with Crippen molar-refractivity contribution in [3.8, 4) is 16.9 Å². The molecule has 0 amide bonds. The third-order valence-electron chi connectivity index (χ3n) is 2.59. The molecule has 2 nitrogen and oxygen atoms in total. The van der Waals surface area contributed by atoms with Gasteiger partial charge < -0.3 is 10.1 Å². The van der Waals surface area contributed by atoms with E-state index in [1.165, 1.54) is 0 Å². The zero-order chi connectivity index (χ0) is 11.4. The van der Waals surface area contributed by atoms with E-state index in [1.807, 2.05) is 25.2 Å². The fraction of sp³-hybridized carbons (Fsp3) is 0.143. The molecule has 2 rings (SSSR count). The Hall–Kier alpha value is -1.96. The molecule has 0 bridgehead atoms. The fourth-order valence-electron chi connectivity index (χ4n) is 1.70. The molecule has 2 heteroatoms. The number of nitrogens with one attached hydrogen (secondary N) is 1. The van der Waals surface area contributed by atoms with E-state index in [0.29, 0.717) is 0 Å². The van der Waals surface area contributed by atoms with Crippen molar-refractivity contribution in [2.24, 2.45) is 0 Å². The summed E-state index contributed by atoms with van der Waals surface area (Å²) in [7, 11) is 3.61. The summed E-state index contributed by atoms with van der Waals surface area (Å²) >= 11 is 0. The van der Waals surface area contributed by atoms with Gasteiger partial charge in [-0.15, -0.1) is 0 Å². The Balaban J connectivity index is 2.42. The van der Waals surface area contributed by atoms with Gasteiger partial charge in [-0.1, -0.05) is 30.3 Å². The highest BCUT2D eigenvalue weighted by atomic mass is 16.5. The van der Waals surface area contributed by atoms with Gasteiger partial charge in [-0.05, 0) is 23.8 Å². The molecule has 0 aliphatic carbocycles. The van der Waals surface area contributed by atoms with Crippen molar-refractivity contribution in [3.63, 3.8) is 0 Å². The van der Waals surface area contributed by atoms with E-state index in [1.54, 1.807) is 7.11 Å². The van der Waals surface area contributed by atoms with Crippen LogP contribution in [-0.2, 0) is 0 Å². The molecule has 0 aliphatic rings. The second-order valence-corrected chi connectivity index (χ2v) is 3.53. The molecule has 0 aromatic heterocycles. The van der Waals surface area contributed by atoms with Crippen molar-refractivity contribution >= 4 is 5.69 Å². The summed E-state index contributed by atoms with van der Waals surface area (Å²) in [5.74, 6) is 0.903. The summed E-state index contributed by atoms with van der Waals surface area (Å²) < 4.78 is 5.34. The number of methoxy groups -OCH3 is 1. The van der Waals surface area contributed by atoms with Crippen LogP contribution in [0.15, 0.2) is 48.5 Å². The van der Waals surface area contributed by atoms with E-state index in [2.05, 4.69) is 35.6 Å². The van der Waals surface area contributed by atoms with Crippen molar-refractivity contribution in [3.05, 3.63) is 48.5 Å². The molecular weight excluding hydrogens is 198 g/mol. The summed E-state index contributed by atoms with van der Waals surface area (Å²) in [6.45, 7) is 0. The van der Waals surface area contributed by atoms with Crippen molar-refractivity contribution < 1.29 is 4.74 Å². The lowest BCUT2D eigenvalue weighted by atomic mass is 10.0. The molecule has 0 saturated carbocycles. The Morgan fingerprint density at radius 2 is 1.62 bits per heavy atom. The predicted molar refractivity (Wildman–Crippen MR) is 68.0 cm³/mol. The molecule has 16 heavy (non-hydrogen) atoms. The van der Waals surface area contributed by atoms with Crippen LogP contribution in [0.3, 0.4) is 0 Å². The van der Waals surface area contributed by atoms with Gasteiger partial charge in [0.15, 0.2) is 0 Å². The van der Waals surface area contributed by atoms with Gasteiger partial charge in [-0.2, -0.15) is 0 Å². The first-order valence-corrected chi connectivity index (χ1v) is 5.26. The number of ether oxygens (including phenoxy) is 1. The van der Waals surface area contributed by atoms with Gasteiger partial charge in [0, 0.05) is 18.3 Å². The first kappa shape index (κ1) is 10.6. The minimum Gasteiger partial charge on any atom is -0.496 e. The van der Waals surface area contributed by atoms with Crippen LogP contribution in [0.1, 0.15) is 0 Å². The maximum absolute atomic E-state index is 5.34. The Morgan fingerprint density at radius 3 is 2.25 bits per heavy atom. The van der Waals surface area contributed by atoms with Gasteiger partial charge in [0.2, 0.25) is 0 Å². The second kappa shape index (κ2) is 4.71. The van der Waals surface area contributed by atoms with Gasteiger partial charge in [0.1, 0.15) is 5.75 Å². The summed E-state index contributed by atoms with van der Waals surface area (Å²) in [6.07, 6.45) is 0. The third-order valence-corrected chi connectivity index (χ3v) is 2.59. The number of benzene rings is 2. The Labute approximate surface area is 95.9 Å². The van der Waals surface area contributed by atoms with E-state index in [0.717, 1.165) is 22.6 Å². The van der Waals surface area contributed by atoms with Gasteiger partial charge in [0.25, 0.3) is 0 Å². The van der Waals surface area contributed by atoms with Gasteiger partial charge in [-0.3, -0.25) is 0 Å². The molecule has 0 atom stereocenters. The number of para-hydroxylation sites is 1. The Kier molecular flexibility index (Phi) is 3.10. The molecule has 0 saturated heterocycles. The molecular formula is C14H15NO. The first-order chi connectivity index (χ1) is 7.85. The molecule has 1 N–H and O–H groups in total. The summed E-state index contributed by atoms with van der Waals surface area (Å²) in [4.78, 5) is 0. The Bertz CT molecular complexity index is 462. The summed E-state index contributed by atoms with van der Waals surface area (Å²) in [6, 6.07) is 16.3. The van der Waals surface area contributed by atoms with Crippen LogP contribution in [0, 0.1) is 0 Å². The number of rotatable bonds is 3. The van der Waals surface area contributed by atoms with Crippen molar-refractivity contribution in [1.29, 1.82) is 0 Å². The van der Waals surface area contributed by atoms with Gasteiger partial charge >= 0.3 is 0 Å². The van der Waals surface area contributed by atoms with Crippen LogP contribution < -0.4 is 10.1 Å². The number of hydrogen-bond acceptors (Lipinski definition) is 2. The maximum Gasteiger partial charge on any atom is 0.126 e. The van der Waals surface area contributed by atoms with Crippen LogP contribution in [0.25, 0.3) is 11.1 Å². The maximum atomic E-state index is 5.34. The van der Waals surface area contributed by atoms with Crippen LogP contribution in [0.4, 0.5) is 5.69 Å². The standard InChI is InChI=1S/C14H15NO/c1-15-12-9-7-11(8-10-12)13-5-3-4-6-14(13)16-2/h3-10,15H,1-2H3. The quantitative estimate of drug-likeness (QED) is 0.843. The van der Waals surface area contributed by atoms with Gasteiger partial charge in [-0.25, -0.2) is 0 Å². The Morgan fingerprint density at radius 1 is 0.938 bits per heavy atom. The zero-order valence-electron chi connectivity index (χ0n) is 9.53. The lowest BCUT2D eigenvalue weighted by Gasteiger charge is -2.08. The smallest absolute Gasteiger partial charge is 0.126 e. The molecule has 0 heterocycles. The van der Waals surface area contributed by atoms with Crippen LogP contribution in [0.5, 0.6) is 5.75 Å². The van der Waals surface area contributed by atoms with E-state index in [4.69, 9.17) is 4.74 Å². The van der Waals surface area contributed by atoms with E-state index in [-0.39, 0.29) is 0 Å². The topological polar surface area (TPSA) is 21.3 Å². The average molecular weight is 213 g/mol. The lowest BCUT2D eigenvalue weighted by molar-refractivity contribution is 0.416. The highest BCUT2D eigenvalue weighted by molar-refractivity contribution is 5.71. The van der Waals surface area contributed by atoms with E-state index < -0.39 is 0 Å². The van der Waals surface area contributed by atoms with Crippen molar-refractivity contribution in [2.75, 3.05) is 19.5 Å². The monoisotopic (exact) mass is 213 g/mol. The molecule has 0 radical (unpaired) electrons. The molecule has 0 fully saturated rings. The SMILES string of the molecule is CNc1ccc(-c2ccccc2OC)cc1. The van der Waals surface area contributed by atoms with Crippen LogP contribution in [-0.4, -0.2) is 14.2 Å². The predicted octanol–water partition coefficient (Wildman–Crippen LogP) is 3.40.